The second kappa shape index (κ2) is 7.79. The molecule has 1 heterocycles. The quantitative estimate of drug-likeness (QED) is 0.595. The fraction of sp³-hybridized carbons (Fsp3) is 0.640. The van der Waals surface area contributed by atoms with Crippen LogP contribution in [0.2, 0.25) is 0 Å². The van der Waals surface area contributed by atoms with E-state index in [1.54, 1.807) is 27.0 Å². The number of hydrogen-bond acceptors (Lipinski definition) is 7. The average Bonchev–Trinajstić information content (AvgIpc) is 3.37. The molecule has 4 aliphatic rings. The van der Waals surface area contributed by atoms with Gasteiger partial charge in [0, 0.05) is 28.3 Å². The van der Waals surface area contributed by atoms with Crippen LogP contribution in [0, 0.1) is 28.6 Å². The Morgan fingerprint density at radius 1 is 1.32 bits per heavy atom. The summed E-state index contributed by atoms with van der Waals surface area (Å²) < 4.78 is 33.3. The van der Waals surface area contributed by atoms with Crippen molar-refractivity contribution in [1.82, 2.24) is 4.98 Å². The molecule has 5 nitrogen and oxygen atoms in total. The van der Waals surface area contributed by atoms with Crippen LogP contribution in [0.5, 0.6) is 0 Å². The zero-order valence-electron chi connectivity index (χ0n) is 19.3. The van der Waals surface area contributed by atoms with Crippen LogP contribution in [0.3, 0.4) is 0 Å². The lowest BCUT2D eigenvalue weighted by molar-refractivity contribution is -0.222. The molecule has 1 aromatic rings. The molecule has 0 aromatic carbocycles. The number of carbonyl (C=O) groups is 2. The van der Waals surface area contributed by atoms with Gasteiger partial charge < -0.3 is 10.2 Å². The van der Waals surface area contributed by atoms with Crippen molar-refractivity contribution in [1.29, 1.82) is 0 Å². The Labute approximate surface area is 205 Å². The number of thioether (sulfide) groups is 1. The van der Waals surface area contributed by atoms with Gasteiger partial charge in [-0.2, -0.15) is 0 Å². The lowest BCUT2D eigenvalue weighted by atomic mass is 9.44. The highest BCUT2D eigenvalue weighted by atomic mass is 32.2. The van der Waals surface area contributed by atoms with E-state index in [4.69, 9.17) is 0 Å². The topological polar surface area (TPSA) is 87.5 Å². The van der Waals surface area contributed by atoms with E-state index >= 15 is 8.78 Å². The molecule has 0 saturated heterocycles. The smallest absolute Gasteiger partial charge is 0.178 e. The number of hydrogen-bond donors (Lipinski definition) is 2. The van der Waals surface area contributed by atoms with Crippen LogP contribution in [-0.4, -0.2) is 56.1 Å². The van der Waals surface area contributed by atoms with Crippen molar-refractivity contribution >= 4 is 34.7 Å². The predicted octanol–water partition coefficient (Wildman–Crippen LogP) is 4.10. The number of halogens is 2. The Kier molecular flexibility index (Phi) is 5.56. The zero-order valence-corrected chi connectivity index (χ0v) is 21.0. The number of nitrogens with zero attached hydrogens (tertiary/aromatic N) is 1. The number of aliphatic hydroxyl groups excluding tert-OH is 1. The van der Waals surface area contributed by atoms with E-state index in [2.05, 4.69) is 4.98 Å². The number of Topliss-reactive ketones (excluding diaryl/α,β-unsaturated/α-hetero) is 1. The van der Waals surface area contributed by atoms with Crippen LogP contribution in [-0.2, 0) is 9.59 Å². The monoisotopic (exact) mass is 509 g/mol. The van der Waals surface area contributed by atoms with Gasteiger partial charge in [0.05, 0.1) is 11.9 Å². The first-order valence-electron chi connectivity index (χ1n) is 11.6. The maximum atomic E-state index is 17.2. The lowest BCUT2D eigenvalue weighted by Crippen LogP contribution is -2.70. The first-order chi connectivity index (χ1) is 15.9. The van der Waals surface area contributed by atoms with Crippen LogP contribution in [0.4, 0.5) is 8.78 Å². The molecule has 0 aliphatic heterocycles. The Bertz CT molecular complexity index is 1090. The molecule has 0 amide bonds. The lowest BCUT2D eigenvalue weighted by Gasteiger charge is -2.63. The molecule has 2 N–H and O–H groups in total. The molecule has 3 saturated carbocycles. The number of fused-ring (bicyclic) bond motifs is 5. The Morgan fingerprint density at radius 3 is 2.74 bits per heavy atom. The van der Waals surface area contributed by atoms with Crippen LogP contribution in [0.15, 0.2) is 39.7 Å². The van der Waals surface area contributed by atoms with Crippen molar-refractivity contribution in [3.63, 3.8) is 0 Å². The minimum atomic E-state index is -2.22. The maximum absolute atomic E-state index is 17.2. The van der Waals surface area contributed by atoms with E-state index in [1.807, 2.05) is 5.38 Å². The van der Waals surface area contributed by atoms with E-state index in [1.165, 1.54) is 35.3 Å². The summed E-state index contributed by atoms with van der Waals surface area (Å²) in [6.07, 6.45) is 2.42. The minimum absolute atomic E-state index is 0.0133. The molecule has 3 fully saturated rings. The predicted molar refractivity (Wildman–Crippen MR) is 126 cm³/mol. The van der Waals surface area contributed by atoms with E-state index in [9.17, 15) is 19.8 Å². The van der Waals surface area contributed by atoms with Gasteiger partial charge in [-0.15, -0.1) is 11.3 Å². The summed E-state index contributed by atoms with van der Waals surface area (Å²) in [5.74, 6) is -2.64. The first-order valence-corrected chi connectivity index (χ1v) is 13.5. The van der Waals surface area contributed by atoms with Gasteiger partial charge >= 0.3 is 0 Å². The molecule has 0 bridgehead atoms. The third-order valence-corrected chi connectivity index (χ3v) is 11.3. The zero-order chi connectivity index (χ0) is 24.7. The molecule has 0 radical (unpaired) electrons. The molecule has 1 aromatic heterocycles. The summed E-state index contributed by atoms with van der Waals surface area (Å²) in [4.78, 5) is 29.6. The maximum Gasteiger partial charge on any atom is 0.178 e. The largest absolute Gasteiger partial charge is 0.390 e. The highest BCUT2D eigenvalue weighted by Gasteiger charge is 2.76. The molecule has 0 spiro atoms. The number of aromatic nitrogens is 1. The summed E-state index contributed by atoms with van der Waals surface area (Å²) >= 11 is 2.66. The molecule has 9 heteroatoms. The van der Waals surface area contributed by atoms with Crippen LogP contribution >= 0.6 is 23.1 Å². The second-order valence-corrected chi connectivity index (χ2v) is 12.9. The van der Waals surface area contributed by atoms with Crippen LogP contribution in [0.1, 0.15) is 40.0 Å². The van der Waals surface area contributed by atoms with Crippen molar-refractivity contribution in [2.24, 2.45) is 28.6 Å². The molecule has 4 aliphatic carbocycles. The normalized spacial score (nSPS) is 47.6. The SMILES string of the molecule is CC1C[C@H]2[C@@H]3CC(F)C4=CC(=O)C=C[C@]4(C)[C@@]3(F)C(O)C[C@]2(C)[C@@]1(O)C(=O)CSc1nccs1. The second-order valence-electron chi connectivity index (χ2n) is 10.8. The summed E-state index contributed by atoms with van der Waals surface area (Å²) in [6, 6.07) is 0. The number of allylic oxidation sites excluding steroid dienone is 4. The fourth-order valence-corrected chi connectivity index (χ4v) is 9.24. The van der Waals surface area contributed by atoms with Crippen molar-refractivity contribution in [2.75, 3.05) is 5.75 Å². The van der Waals surface area contributed by atoms with Gasteiger partial charge in [0.25, 0.3) is 0 Å². The highest BCUT2D eigenvalue weighted by Crippen LogP contribution is 2.71. The minimum Gasteiger partial charge on any atom is -0.390 e. The van der Waals surface area contributed by atoms with Gasteiger partial charge in [0.1, 0.15) is 16.1 Å². The molecule has 3 unspecified atom stereocenters. The van der Waals surface area contributed by atoms with Gasteiger partial charge in [0.15, 0.2) is 17.2 Å². The van der Waals surface area contributed by atoms with Crippen molar-refractivity contribution in [2.45, 2.75) is 67.9 Å². The van der Waals surface area contributed by atoms with E-state index < -0.39 is 52.1 Å². The number of carbonyl (C=O) groups excluding carboxylic acids is 2. The third kappa shape index (κ3) is 2.93. The summed E-state index contributed by atoms with van der Waals surface area (Å²) in [7, 11) is 0. The van der Waals surface area contributed by atoms with Gasteiger partial charge in [-0.25, -0.2) is 13.8 Å². The number of ketones is 2. The third-order valence-electron chi connectivity index (χ3n) is 9.37. The van der Waals surface area contributed by atoms with Crippen LogP contribution in [0.25, 0.3) is 0 Å². The van der Waals surface area contributed by atoms with Crippen LogP contribution < -0.4 is 0 Å². The standard InChI is InChI=1S/C25H29F2NO4S2/c1-13-8-15-16-10-18(26)17-9-14(29)4-5-22(17,2)24(16,27)19(30)11-23(15,3)25(13,32)20(31)12-34-21-28-6-7-33-21/h4-7,9,13,15-16,18-19,30,32H,8,10-12H2,1-3H3/t13?,15-,16-,18?,19?,22-,23-,24-,25-/m0/s1. The van der Waals surface area contributed by atoms with Crippen molar-refractivity contribution in [3.8, 4) is 0 Å². The van der Waals surface area contributed by atoms with Crippen molar-refractivity contribution < 1.29 is 28.6 Å². The van der Waals surface area contributed by atoms with E-state index in [0.29, 0.717) is 10.8 Å². The molecule has 9 atom stereocenters. The van der Waals surface area contributed by atoms with Gasteiger partial charge in [-0.05, 0) is 55.7 Å². The van der Waals surface area contributed by atoms with Gasteiger partial charge in [0.2, 0.25) is 0 Å². The highest BCUT2D eigenvalue weighted by molar-refractivity contribution is 8.01. The van der Waals surface area contributed by atoms with Gasteiger partial charge in [-0.3, -0.25) is 9.59 Å². The molecule has 5 rings (SSSR count). The number of rotatable bonds is 4. The average molecular weight is 510 g/mol. The first kappa shape index (κ1) is 24.3. The van der Waals surface area contributed by atoms with E-state index in [-0.39, 0.29) is 35.7 Å². The molecular weight excluding hydrogens is 480 g/mol. The Balaban J connectivity index is 1.53. The van der Waals surface area contributed by atoms with Gasteiger partial charge in [-0.1, -0.05) is 31.7 Å². The Hall–Kier alpha value is -1.42. The summed E-state index contributed by atoms with van der Waals surface area (Å²) in [6.45, 7) is 5.08. The fourth-order valence-electron chi connectivity index (χ4n) is 7.65. The molecule has 184 valence electrons. The van der Waals surface area contributed by atoms with E-state index in [0.717, 1.165) is 6.08 Å². The molecule has 34 heavy (non-hydrogen) atoms. The Morgan fingerprint density at radius 2 is 2.06 bits per heavy atom. The molecular formula is C25H29F2NO4S2. The number of thiazole rings is 1. The summed E-state index contributed by atoms with van der Waals surface area (Å²) in [5, 5.41) is 25.1. The number of aliphatic hydroxyl groups is 2. The number of alkyl halides is 2. The summed E-state index contributed by atoms with van der Waals surface area (Å²) in [5.41, 5.74) is -6.51. The van der Waals surface area contributed by atoms with Crippen molar-refractivity contribution in [3.05, 3.63) is 35.4 Å².